The number of rotatable bonds is 3. The second kappa shape index (κ2) is 5.36. The number of hydrogen-bond acceptors (Lipinski definition) is 2. The molecule has 2 heterocycles. The maximum atomic E-state index is 13.2. The molecule has 0 saturated carbocycles. The van der Waals surface area contributed by atoms with E-state index in [0.29, 0.717) is 11.3 Å². The summed E-state index contributed by atoms with van der Waals surface area (Å²) < 4.78 is 13.2. The van der Waals surface area contributed by atoms with Gasteiger partial charge in [0, 0.05) is 18.1 Å². The molecule has 5 heteroatoms. The smallest absolute Gasteiger partial charge is 0.268 e. The van der Waals surface area contributed by atoms with Gasteiger partial charge in [-0.3, -0.25) is 4.79 Å². The van der Waals surface area contributed by atoms with Crippen molar-refractivity contribution in [1.29, 1.82) is 0 Å². The summed E-state index contributed by atoms with van der Waals surface area (Å²) in [5, 5.41) is 3.66. The summed E-state index contributed by atoms with van der Waals surface area (Å²) in [6, 6.07) is 9.98. The molecule has 0 aliphatic rings. The Morgan fingerprint density at radius 1 is 1.33 bits per heavy atom. The summed E-state index contributed by atoms with van der Waals surface area (Å²) in [6.07, 6.45) is 1.66. The van der Waals surface area contributed by atoms with Gasteiger partial charge in [0.1, 0.15) is 17.2 Å². The van der Waals surface area contributed by atoms with Crippen molar-refractivity contribution in [3.8, 4) is 0 Å². The number of amides is 1. The average Bonchev–Trinajstić information content (AvgIpc) is 2.92. The number of pyridine rings is 1. The molecular formula is C16H14FN3O. The summed E-state index contributed by atoms with van der Waals surface area (Å²) in [6.45, 7) is 2.17. The standard InChI is InChI=1S/C16H14FN3O/c1-10-4-5-13(17)7-12(10)9-19-16(21)14-8-11-3-2-6-18-15(11)20-14/h2-8H,9H2,1H3,(H,18,20)(H,19,21). The third-order valence-corrected chi connectivity index (χ3v) is 3.39. The molecule has 0 atom stereocenters. The van der Waals surface area contributed by atoms with Crippen molar-refractivity contribution in [2.45, 2.75) is 13.5 Å². The number of nitrogens with zero attached hydrogens (tertiary/aromatic N) is 1. The van der Waals surface area contributed by atoms with Crippen LogP contribution in [0, 0.1) is 12.7 Å². The fourth-order valence-electron chi connectivity index (χ4n) is 2.18. The lowest BCUT2D eigenvalue weighted by atomic mass is 10.1. The molecule has 0 spiro atoms. The molecule has 0 radical (unpaired) electrons. The van der Waals surface area contributed by atoms with E-state index in [-0.39, 0.29) is 18.3 Å². The van der Waals surface area contributed by atoms with Gasteiger partial charge >= 0.3 is 0 Å². The molecule has 3 aromatic rings. The van der Waals surface area contributed by atoms with E-state index in [0.717, 1.165) is 16.5 Å². The van der Waals surface area contributed by atoms with Crippen LogP contribution in [-0.2, 0) is 6.54 Å². The van der Waals surface area contributed by atoms with Gasteiger partial charge in [-0.05, 0) is 48.4 Å². The van der Waals surface area contributed by atoms with Crippen LogP contribution in [0.4, 0.5) is 4.39 Å². The number of benzene rings is 1. The van der Waals surface area contributed by atoms with E-state index in [1.54, 1.807) is 18.3 Å². The third kappa shape index (κ3) is 2.76. The predicted octanol–water partition coefficient (Wildman–Crippen LogP) is 2.94. The van der Waals surface area contributed by atoms with Gasteiger partial charge in [-0.2, -0.15) is 0 Å². The second-order valence-corrected chi connectivity index (χ2v) is 4.88. The Labute approximate surface area is 121 Å². The predicted molar refractivity (Wildman–Crippen MR) is 78.4 cm³/mol. The van der Waals surface area contributed by atoms with Crippen LogP contribution in [0.25, 0.3) is 11.0 Å². The van der Waals surface area contributed by atoms with E-state index >= 15 is 0 Å². The first-order valence-electron chi connectivity index (χ1n) is 6.60. The highest BCUT2D eigenvalue weighted by molar-refractivity contribution is 5.97. The Kier molecular flexibility index (Phi) is 3.39. The zero-order valence-electron chi connectivity index (χ0n) is 11.5. The maximum Gasteiger partial charge on any atom is 0.268 e. The second-order valence-electron chi connectivity index (χ2n) is 4.88. The largest absolute Gasteiger partial charge is 0.347 e. The lowest BCUT2D eigenvalue weighted by molar-refractivity contribution is 0.0946. The summed E-state index contributed by atoms with van der Waals surface area (Å²) in [5.74, 6) is -0.545. The summed E-state index contributed by atoms with van der Waals surface area (Å²) in [4.78, 5) is 19.2. The molecule has 0 aliphatic carbocycles. The van der Waals surface area contributed by atoms with E-state index in [2.05, 4.69) is 15.3 Å². The first-order valence-corrected chi connectivity index (χ1v) is 6.60. The zero-order chi connectivity index (χ0) is 14.8. The van der Waals surface area contributed by atoms with Crippen LogP contribution in [0.2, 0.25) is 0 Å². The molecule has 0 unspecified atom stereocenters. The van der Waals surface area contributed by atoms with E-state index in [4.69, 9.17) is 0 Å². The molecule has 0 aliphatic heterocycles. The molecule has 4 nitrogen and oxygen atoms in total. The fraction of sp³-hybridized carbons (Fsp3) is 0.125. The van der Waals surface area contributed by atoms with Gasteiger partial charge < -0.3 is 10.3 Å². The molecule has 106 valence electrons. The molecule has 1 amide bonds. The minimum Gasteiger partial charge on any atom is -0.347 e. The highest BCUT2D eigenvalue weighted by Gasteiger charge is 2.10. The van der Waals surface area contributed by atoms with E-state index in [9.17, 15) is 9.18 Å². The lowest BCUT2D eigenvalue weighted by Crippen LogP contribution is -2.23. The molecule has 0 saturated heterocycles. The number of carbonyl (C=O) groups is 1. The van der Waals surface area contributed by atoms with Crippen LogP contribution in [0.15, 0.2) is 42.6 Å². The van der Waals surface area contributed by atoms with Crippen molar-refractivity contribution in [2.75, 3.05) is 0 Å². The molecule has 1 aromatic carbocycles. The Hall–Kier alpha value is -2.69. The van der Waals surface area contributed by atoms with Crippen LogP contribution in [0.3, 0.4) is 0 Å². The lowest BCUT2D eigenvalue weighted by Gasteiger charge is -2.07. The highest BCUT2D eigenvalue weighted by atomic mass is 19.1. The number of aromatic nitrogens is 2. The third-order valence-electron chi connectivity index (χ3n) is 3.39. The summed E-state index contributed by atoms with van der Waals surface area (Å²) in [7, 11) is 0. The van der Waals surface area contributed by atoms with Gasteiger partial charge in [0.2, 0.25) is 0 Å². The number of carbonyl (C=O) groups excluding carboxylic acids is 1. The number of fused-ring (bicyclic) bond motifs is 1. The van der Waals surface area contributed by atoms with Crippen molar-refractivity contribution in [2.24, 2.45) is 0 Å². The summed E-state index contributed by atoms with van der Waals surface area (Å²) in [5.41, 5.74) is 2.81. The first kappa shape index (κ1) is 13.3. The highest BCUT2D eigenvalue weighted by Crippen LogP contribution is 2.13. The molecule has 21 heavy (non-hydrogen) atoms. The van der Waals surface area contributed by atoms with Crippen molar-refractivity contribution in [3.05, 3.63) is 65.2 Å². The normalized spacial score (nSPS) is 10.8. The summed E-state index contributed by atoms with van der Waals surface area (Å²) >= 11 is 0. The average molecular weight is 283 g/mol. The van der Waals surface area contributed by atoms with Crippen LogP contribution in [-0.4, -0.2) is 15.9 Å². The van der Waals surface area contributed by atoms with Gasteiger partial charge in [0.15, 0.2) is 0 Å². The Balaban J connectivity index is 1.75. The number of halogens is 1. The van der Waals surface area contributed by atoms with Crippen molar-refractivity contribution < 1.29 is 9.18 Å². The van der Waals surface area contributed by atoms with Gasteiger partial charge in [-0.15, -0.1) is 0 Å². The van der Waals surface area contributed by atoms with E-state index in [1.165, 1.54) is 12.1 Å². The van der Waals surface area contributed by atoms with Crippen LogP contribution >= 0.6 is 0 Å². The number of aryl methyl sites for hydroxylation is 1. The van der Waals surface area contributed by atoms with Gasteiger partial charge in [-0.25, -0.2) is 9.37 Å². The van der Waals surface area contributed by atoms with Crippen molar-refractivity contribution in [3.63, 3.8) is 0 Å². The minimum absolute atomic E-state index is 0.239. The van der Waals surface area contributed by atoms with Crippen LogP contribution < -0.4 is 5.32 Å². The Morgan fingerprint density at radius 3 is 3.00 bits per heavy atom. The quantitative estimate of drug-likeness (QED) is 0.776. The van der Waals surface area contributed by atoms with Crippen molar-refractivity contribution in [1.82, 2.24) is 15.3 Å². The molecule has 0 bridgehead atoms. The zero-order valence-corrected chi connectivity index (χ0v) is 11.5. The van der Waals surface area contributed by atoms with Gasteiger partial charge in [0.05, 0.1) is 0 Å². The van der Waals surface area contributed by atoms with E-state index in [1.807, 2.05) is 19.1 Å². The minimum atomic E-state index is -0.306. The van der Waals surface area contributed by atoms with E-state index < -0.39 is 0 Å². The topological polar surface area (TPSA) is 57.8 Å². The Morgan fingerprint density at radius 2 is 2.19 bits per heavy atom. The fourth-order valence-corrected chi connectivity index (χ4v) is 2.18. The Bertz CT molecular complexity index is 777. The first-order chi connectivity index (χ1) is 10.1. The van der Waals surface area contributed by atoms with Crippen molar-refractivity contribution >= 4 is 16.9 Å². The molecular weight excluding hydrogens is 269 g/mol. The van der Waals surface area contributed by atoms with Gasteiger partial charge in [-0.1, -0.05) is 6.07 Å². The molecule has 2 aromatic heterocycles. The molecule has 0 fully saturated rings. The number of aromatic amines is 1. The number of nitrogens with one attached hydrogen (secondary N) is 2. The van der Waals surface area contributed by atoms with Crippen LogP contribution in [0.5, 0.6) is 0 Å². The van der Waals surface area contributed by atoms with Crippen LogP contribution in [0.1, 0.15) is 21.6 Å². The maximum absolute atomic E-state index is 13.2. The SMILES string of the molecule is Cc1ccc(F)cc1CNC(=O)c1cc2cccnc2[nH]1. The number of hydrogen-bond donors (Lipinski definition) is 2. The van der Waals surface area contributed by atoms with Gasteiger partial charge in [0.25, 0.3) is 5.91 Å². The number of H-pyrrole nitrogens is 1. The monoisotopic (exact) mass is 283 g/mol. The molecule has 3 rings (SSSR count). The molecule has 2 N–H and O–H groups in total.